The summed E-state index contributed by atoms with van der Waals surface area (Å²) >= 11 is 0. The lowest BCUT2D eigenvalue weighted by Crippen LogP contribution is -2.51. The zero-order valence-electron chi connectivity index (χ0n) is 10.7. The Balaban J connectivity index is 2.41. The van der Waals surface area contributed by atoms with Crippen molar-refractivity contribution in [2.24, 2.45) is 5.92 Å². The fraction of sp³-hybridized carbons (Fsp3) is 0.833. The average Bonchev–Trinajstić information content (AvgIpc) is 2.31. The second-order valence-electron chi connectivity index (χ2n) is 4.89. The Morgan fingerprint density at radius 1 is 1.33 bits per heavy atom. The Kier molecular flexibility index (Phi) is 5.91. The van der Waals surface area contributed by atoms with E-state index < -0.39 is 18.0 Å². The van der Waals surface area contributed by atoms with Gasteiger partial charge >= 0.3 is 12.0 Å². The normalized spacial score (nSPS) is 25.2. The topological polar surface area (TPSA) is 98.7 Å². The number of nitrogens with one attached hydrogen (secondary N) is 2. The van der Waals surface area contributed by atoms with Gasteiger partial charge in [0.05, 0.1) is 0 Å². The second-order valence-corrected chi connectivity index (χ2v) is 4.89. The molecule has 1 rings (SSSR count). The Morgan fingerprint density at radius 3 is 2.56 bits per heavy atom. The number of carbonyl (C=O) groups is 2. The molecule has 104 valence electrons. The van der Waals surface area contributed by atoms with Crippen LogP contribution in [0.2, 0.25) is 0 Å². The standard InChI is InChI=1S/C12H22N2O4/c1-8-4-2-3-5-9(8)13-12(18)14-10(6-7-15)11(16)17/h8-10,15H,2-7H2,1H3,(H,16,17)(H2,13,14,18)/t8?,9?,10-/m1/s1. The number of carboxylic acid groups (broad SMARTS) is 1. The van der Waals surface area contributed by atoms with Crippen LogP contribution in [0.25, 0.3) is 0 Å². The highest BCUT2D eigenvalue weighted by molar-refractivity contribution is 5.82. The Morgan fingerprint density at radius 2 is 2.00 bits per heavy atom. The van der Waals surface area contributed by atoms with Crippen molar-refractivity contribution in [3.05, 3.63) is 0 Å². The third kappa shape index (κ3) is 4.52. The van der Waals surface area contributed by atoms with E-state index in [0.29, 0.717) is 5.92 Å². The van der Waals surface area contributed by atoms with Gasteiger partial charge in [-0.05, 0) is 18.8 Å². The van der Waals surface area contributed by atoms with Gasteiger partial charge in [-0.2, -0.15) is 0 Å². The smallest absolute Gasteiger partial charge is 0.326 e. The van der Waals surface area contributed by atoms with Gasteiger partial charge in [0.2, 0.25) is 0 Å². The maximum Gasteiger partial charge on any atom is 0.326 e. The van der Waals surface area contributed by atoms with Crippen molar-refractivity contribution in [2.45, 2.75) is 51.1 Å². The summed E-state index contributed by atoms with van der Waals surface area (Å²) in [6.07, 6.45) is 4.32. The molecule has 6 heteroatoms. The molecule has 0 bridgehead atoms. The minimum absolute atomic E-state index is 0.0168. The molecule has 0 spiro atoms. The highest BCUT2D eigenvalue weighted by Gasteiger charge is 2.25. The van der Waals surface area contributed by atoms with Crippen molar-refractivity contribution in [3.63, 3.8) is 0 Å². The van der Waals surface area contributed by atoms with E-state index in [1.54, 1.807) is 0 Å². The van der Waals surface area contributed by atoms with E-state index in [2.05, 4.69) is 17.6 Å². The zero-order chi connectivity index (χ0) is 13.5. The van der Waals surface area contributed by atoms with Gasteiger partial charge in [-0.15, -0.1) is 0 Å². The number of aliphatic hydroxyl groups excluding tert-OH is 1. The molecule has 0 aromatic heterocycles. The summed E-state index contributed by atoms with van der Waals surface area (Å²) in [5, 5.41) is 22.8. The molecule has 3 atom stereocenters. The number of urea groups is 1. The number of rotatable bonds is 5. The zero-order valence-corrected chi connectivity index (χ0v) is 10.7. The number of aliphatic hydroxyl groups is 1. The first-order valence-corrected chi connectivity index (χ1v) is 6.45. The van der Waals surface area contributed by atoms with Crippen molar-refractivity contribution >= 4 is 12.0 Å². The first-order valence-electron chi connectivity index (χ1n) is 6.45. The van der Waals surface area contributed by atoms with Gasteiger partial charge < -0.3 is 20.8 Å². The fourth-order valence-corrected chi connectivity index (χ4v) is 2.29. The van der Waals surface area contributed by atoms with Crippen LogP contribution in [-0.4, -0.2) is 40.9 Å². The summed E-state index contributed by atoms with van der Waals surface area (Å²) in [5.41, 5.74) is 0. The fourth-order valence-electron chi connectivity index (χ4n) is 2.29. The van der Waals surface area contributed by atoms with Crippen LogP contribution in [0.3, 0.4) is 0 Å². The second kappa shape index (κ2) is 7.20. The van der Waals surface area contributed by atoms with Crippen molar-refractivity contribution in [2.75, 3.05) is 6.61 Å². The van der Waals surface area contributed by atoms with Crippen LogP contribution in [0.5, 0.6) is 0 Å². The molecule has 1 fully saturated rings. The van der Waals surface area contributed by atoms with E-state index in [1.165, 1.54) is 6.42 Å². The number of aliphatic carboxylic acids is 1. The molecule has 0 saturated heterocycles. The van der Waals surface area contributed by atoms with Gasteiger partial charge in [0, 0.05) is 19.1 Å². The number of amides is 2. The van der Waals surface area contributed by atoms with Gasteiger partial charge in [-0.3, -0.25) is 0 Å². The first kappa shape index (κ1) is 14.8. The van der Waals surface area contributed by atoms with E-state index >= 15 is 0 Å². The number of carboxylic acids is 1. The van der Waals surface area contributed by atoms with Crippen LogP contribution in [0.1, 0.15) is 39.0 Å². The highest BCUT2D eigenvalue weighted by Crippen LogP contribution is 2.23. The van der Waals surface area contributed by atoms with Gasteiger partial charge in [0.1, 0.15) is 6.04 Å². The summed E-state index contributed by atoms with van der Waals surface area (Å²) in [7, 11) is 0. The molecule has 2 unspecified atom stereocenters. The van der Waals surface area contributed by atoms with E-state index in [1.807, 2.05) is 0 Å². The van der Waals surface area contributed by atoms with Crippen LogP contribution in [0, 0.1) is 5.92 Å². The number of carbonyl (C=O) groups excluding carboxylic acids is 1. The molecular formula is C12H22N2O4. The van der Waals surface area contributed by atoms with Crippen LogP contribution in [0.15, 0.2) is 0 Å². The molecule has 18 heavy (non-hydrogen) atoms. The number of hydrogen-bond donors (Lipinski definition) is 4. The van der Waals surface area contributed by atoms with Gasteiger partial charge in [-0.1, -0.05) is 19.8 Å². The van der Waals surface area contributed by atoms with Gasteiger partial charge in [0.25, 0.3) is 0 Å². The van der Waals surface area contributed by atoms with Crippen molar-refractivity contribution in [3.8, 4) is 0 Å². The Hall–Kier alpha value is -1.30. The lowest BCUT2D eigenvalue weighted by Gasteiger charge is -2.30. The largest absolute Gasteiger partial charge is 0.480 e. The molecule has 6 nitrogen and oxygen atoms in total. The van der Waals surface area contributed by atoms with E-state index in [4.69, 9.17) is 10.2 Å². The predicted octanol–water partition coefficient (Wildman–Crippen LogP) is 0.700. The average molecular weight is 258 g/mol. The molecule has 1 saturated carbocycles. The molecule has 0 aromatic carbocycles. The van der Waals surface area contributed by atoms with Crippen molar-refractivity contribution in [1.29, 1.82) is 0 Å². The molecule has 1 aliphatic carbocycles. The summed E-state index contributed by atoms with van der Waals surface area (Å²) in [6, 6.07) is -1.38. The first-order chi connectivity index (χ1) is 8.54. The van der Waals surface area contributed by atoms with Gasteiger partial charge in [-0.25, -0.2) is 9.59 Å². The highest BCUT2D eigenvalue weighted by atomic mass is 16.4. The molecule has 0 radical (unpaired) electrons. The molecule has 0 aromatic rings. The lowest BCUT2D eigenvalue weighted by atomic mass is 9.86. The van der Waals surface area contributed by atoms with Crippen LogP contribution >= 0.6 is 0 Å². The van der Waals surface area contributed by atoms with E-state index in [9.17, 15) is 9.59 Å². The summed E-state index contributed by atoms with van der Waals surface area (Å²) < 4.78 is 0. The van der Waals surface area contributed by atoms with Crippen molar-refractivity contribution in [1.82, 2.24) is 10.6 Å². The lowest BCUT2D eigenvalue weighted by molar-refractivity contribution is -0.139. The van der Waals surface area contributed by atoms with E-state index in [0.717, 1.165) is 19.3 Å². The number of hydrogen-bond acceptors (Lipinski definition) is 3. The molecule has 2 amide bonds. The van der Waals surface area contributed by atoms with Gasteiger partial charge in [0.15, 0.2) is 0 Å². The van der Waals surface area contributed by atoms with E-state index in [-0.39, 0.29) is 19.1 Å². The minimum atomic E-state index is -1.13. The SMILES string of the molecule is CC1CCCCC1NC(=O)N[C@H](CCO)C(=O)O. The Labute approximate surface area is 107 Å². The van der Waals surface area contributed by atoms with Crippen LogP contribution < -0.4 is 10.6 Å². The molecule has 4 N–H and O–H groups in total. The molecule has 0 heterocycles. The minimum Gasteiger partial charge on any atom is -0.480 e. The summed E-state index contributed by atoms with van der Waals surface area (Å²) in [4.78, 5) is 22.5. The summed E-state index contributed by atoms with van der Waals surface area (Å²) in [5.74, 6) is -0.707. The maximum atomic E-state index is 11.7. The third-order valence-corrected chi connectivity index (χ3v) is 3.45. The monoisotopic (exact) mass is 258 g/mol. The third-order valence-electron chi connectivity index (χ3n) is 3.45. The Bertz CT molecular complexity index is 296. The summed E-state index contributed by atoms with van der Waals surface area (Å²) in [6.45, 7) is 1.82. The quantitative estimate of drug-likeness (QED) is 0.583. The molecular weight excluding hydrogens is 236 g/mol. The van der Waals surface area contributed by atoms with Crippen LogP contribution in [0.4, 0.5) is 4.79 Å². The maximum absolute atomic E-state index is 11.7. The van der Waals surface area contributed by atoms with Crippen molar-refractivity contribution < 1.29 is 19.8 Å². The predicted molar refractivity (Wildman–Crippen MR) is 66.2 cm³/mol. The molecule has 0 aliphatic heterocycles. The molecule has 1 aliphatic rings. The van der Waals surface area contributed by atoms with Crippen LogP contribution in [-0.2, 0) is 4.79 Å².